The summed E-state index contributed by atoms with van der Waals surface area (Å²) >= 11 is 5.92. The Bertz CT molecular complexity index is 955. The number of hydrogen-bond donors (Lipinski definition) is 0. The van der Waals surface area contributed by atoms with Gasteiger partial charge in [-0.05, 0) is 18.1 Å². The number of Topliss-reactive ketones (excluding diaryl/α,β-unsaturated/α-hetero) is 1. The third-order valence-electron chi connectivity index (χ3n) is 5.26. The molecule has 1 aliphatic rings. The molecule has 0 aliphatic carbocycles. The van der Waals surface area contributed by atoms with E-state index in [9.17, 15) is 22.8 Å². The maximum Gasteiger partial charge on any atom is 0.419 e. The van der Waals surface area contributed by atoms with Crippen LogP contribution < -0.4 is 4.90 Å². The van der Waals surface area contributed by atoms with Crippen LogP contribution in [0.1, 0.15) is 31.5 Å². The molecule has 166 valence electrons. The van der Waals surface area contributed by atoms with Gasteiger partial charge in [0.05, 0.1) is 31.1 Å². The molecular weight excluding hydrogens is 435 g/mol. The predicted molar refractivity (Wildman–Crippen MR) is 108 cm³/mol. The molecule has 1 aliphatic heterocycles. The van der Waals surface area contributed by atoms with Crippen LogP contribution in [-0.4, -0.2) is 50.8 Å². The van der Waals surface area contributed by atoms with Crippen molar-refractivity contribution in [2.75, 3.05) is 18.0 Å². The second-order valence-electron chi connectivity index (χ2n) is 7.42. The van der Waals surface area contributed by atoms with Gasteiger partial charge < -0.3 is 4.90 Å². The lowest BCUT2D eigenvalue weighted by Gasteiger charge is -2.26. The van der Waals surface area contributed by atoms with Crippen LogP contribution in [-0.2, 0) is 17.4 Å². The Morgan fingerprint density at radius 1 is 1.29 bits per heavy atom. The number of hydrogen-bond acceptors (Lipinski definition) is 5. The normalized spacial score (nSPS) is 17.9. The van der Waals surface area contributed by atoms with Gasteiger partial charge >= 0.3 is 12.2 Å². The van der Waals surface area contributed by atoms with E-state index in [1.54, 1.807) is 12.1 Å². The van der Waals surface area contributed by atoms with Crippen LogP contribution in [0.3, 0.4) is 0 Å². The molecule has 0 aromatic carbocycles. The van der Waals surface area contributed by atoms with E-state index in [1.807, 2.05) is 13.8 Å². The van der Waals surface area contributed by atoms with Gasteiger partial charge in [0.2, 0.25) is 5.95 Å². The van der Waals surface area contributed by atoms with E-state index in [1.165, 1.54) is 16.0 Å². The molecule has 0 radical (unpaired) electrons. The standard InChI is InChI=1S/C20H21ClF3N5O2/c1-3-12(2)17-11-29(18-26-8-13(9-27-18)20(22,23)24)19(31)28(17)10-16(30)7-15-6-14(21)4-5-25-15/h4-6,8-9,12,17H,3,7,10-11H2,1-2H3/t12-,17+/m0/s1. The van der Waals surface area contributed by atoms with Gasteiger partial charge in [0.15, 0.2) is 5.78 Å². The van der Waals surface area contributed by atoms with Crippen molar-refractivity contribution in [2.45, 2.75) is 38.9 Å². The molecule has 0 spiro atoms. The highest BCUT2D eigenvalue weighted by Crippen LogP contribution is 2.30. The molecule has 11 heteroatoms. The van der Waals surface area contributed by atoms with Crippen LogP contribution >= 0.6 is 11.6 Å². The number of amides is 2. The summed E-state index contributed by atoms with van der Waals surface area (Å²) in [6.45, 7) is 3.94. The van der Waals surface area contributed by atoms with E-state index >= 15 is 0 Å². The summed E-state index contributed by atoms with van der Waals surface area (Å²) in [4.78, 5) is 39.8. The minimum Gasteiger partial charge on any atom is -0.312 e. The van der Waals surface area contributed by atoms with Gasteiger partial charge in [0, 0.05) is 29.3 Å². The fourth-order valence-corrected chi connectivity index (χ4v) is 3.55. The monoisotopic (exact) mass is 455 g/mol. The molecule has 0 saturated carbocycles. The summed E-state index contributed by atoms with van der Waals surface area (Å²) in [6, 6.07) is 2.36. The summed E-state index contributed by atoms with van der Waals surface area (Å²) in [7, 11) is 0. The number of alkyl halides is 3. The Morgan fingerprint density at radius 3 is 2.55 bits per heavy atom. The van der Waals surface area contributed by atoms with E-state index in [-0.39, 0.29) is 43.2 Å². The Kier molecular flexibility index (Phi) is 6.78. The van der Waals surface area contributed by atoms with Crippen molar-refractivity contribution >= 4 is 29.4 Å². The third-order valence-corrected chi connectivity index (χ3v) is 5.49. The van der Waals surface area contributed by atoms with E-state index in [0.29, 0.717) is 23.1 Å². The van der Waals surface area contributed by atoms with Gasteiger partial charge in [-0.3, -0.25) is 14.7 Å². The average Bonchev–Trinajstić information content (AvgIpc) is 3.03. The molecule has 0 unspecified atom stereocenters. The molecule has 2 aromatic heterocycles. The van der Waals surface area contributed by atoms with Crippen LogP contribution in [0.4, 0.5) is 23.9 Å². The SMILES string of the molecule is CC[C@H](C)[C@H]1CN(c2ncc(C(F)(F)F)cn2)C(=O)N1CC(=O)Cc1cc(Cl)ccn1. The molecule has 2 atom stereocenters. The quantitative estimate of drug-likeness (QED) is 0.630. The minimum atomic E-state index is -4.57. The van der Waals surface area contributed by atoms with Crippen molar-refractivity contribution in [3.63, 3.8) is 0 Å². The number of ketones is 1. The van der Waals surface area contributed by atoms with Gasteiger partial charge in [-0.25, -0.2) is 14.8 Å². The second-order valence-corrected chi connectivity index (χ2v) is 7.86. The molecule has 1 saturated heterocycles. The third kappa shape index (κ3) is 5.30. The fourth-order valence-electron chi connectivity index (χ4n) is 3.37. The molecule has 1 fully saturated rings. The van der Waals surface area contributed by atoms with Gasteiger partial charge in [0.1, 0.15) is 0 Å². The number of aromatic nitrogens is 3. The van der Waals surface area contributed by atoms with Crippen LogP contribution in [0.15, 0.2) is 30.7 Å². The van der Waals surface area contributed by atoms with E-state index in [0.717, 1.165) is 6.42 Å². The number of carbonyl (C=O) groups excluding carboxylic acids is 2. The Hall–Kier alpha value is -2.75. The molecule has 0 N–H and O–H groups in total. The highest BCUT2D eigenvalue weighted by Gasteiger charge is 2.42. The van der Waals surface area contributed by atoms with E-state index in [4.69, 9.17) is 11.6 Å². The number of rotatable bonds is 7. The molecule has 3 heterocycles. The topological polar surface area (TPSA) is 79.3 Å². The first-order valence-electron chi connectivity index (χ1n) is 9.69. The Balaban J connectivity index is 1.78. The van der Waals surface area contributed by atoms with Gasteiger partial charge in [-0.2, -0.15) is 13.2 Å². The maximum atomic E-state index is 13.0. The summed E-state index contributed by atoms with van der Waals surface area (Å²) in [5.74, 6) is -0.301. The van der Waals surface area contributed by atoms with E-state index < -0.39 is 17.8 Å². The lowest BCUT2D eigenvalue weighted by atomic mass is 9.98. The maximum absolute atomic E-state index is 13.0. The zero-order valence-electron chi connectivity index (χ0n) is 16.9. The minimum absolute atomic E-state index is 0.00828. The van der Waals surface area contributed by atoms with Crippen molar-refractivity contribution in [1.29, 1.82) is 0 Å². The first kappa shape index (κ1) is 22.9. The molecule has 7 nitrogen and oxygen atoms in total. The lowest BCUT2D eigenvalue weighted by Crippen LogP contribution is -2.42. The number of halogens is 4. The summed E-state index contributed by atoms with van der Waals surface area (Å²) < 4.78 is 38.3. The van der Waals surface area contributed by atoms with Gasteiger partial charge in [-0.15, -0.1) is 0 Å². The molecular formula is C20H21ClF3N5O2. The number of carbonyl (C=O) groups is 2. The molecule has 0 bridgehead atoms. The largest absolute Gasteiger partial charge is 0.419 e. The van der Waals surface area contributed by atoms with Crippen LogP contribution in [0.25, 0.3) is 0 Å². The zero-order valence-corrected chi connectivity index (χ0v) is 17.7. The highest BCUT2D eigenvalue weighted by molar-refractivity contribution is 6.30. The number of anilines is 1. The van der Waals surface area contributed by atoms with Crippen molar-refractivity contribution < 1.29 is 22.8 Å². The Labute approximate surface area is 182 Å². The summed E-state index contributed by atoms with van der Waals surface area (Å²) in [5.41, 5.74) is -0.505. The zero-order chi connectivity index (χ0) is 22.8. The Morgan fingerprint density at radius 2 is 1.97 bits per heavy atom. The summed E-state index contributed by atoms with van der Waals surface area (Å²) in [5, 5.41) is 0.457. The summed E-state index contributed by atoms with van der Waals surface area (Å²) in [6.07, 6.45) is -1.02. The van der Waals surface area contributed by atoms with Crippen molar-refractivity contribution in [2.24, 2.45) is 5.92 Å². The van der Waals surface area contributed by atoms with Crippen LogP contribution in [0, 0.1) is 5.92 Å². The van der Waals surface area contributed by atoms with E-state index in [2.05, 4.69) is 15.0 Å². The molecule has 3 rings (SSSR count). The van der Waals surface area contributed by atoms with Gasteiger partial charge in [-0.1, -0.05) is 31.9 Å². The predicted octanol–water partition coefficient (Wildman–Crippen LogP) is 4.01. The lowest BCUT2D eigenvalue weighted by molar-refractivity contribution is -0.138. The van der Waals surface area contributed by atoms with Crippen molar-refractivity contribution in [3.8, 4) is 0 Å². The molecule has 2 amide bonds. The average molecular weight is 456 g/mol. The van der Waals surface area contributed by atoms with Crippen LogP contribution in [0.5, 0.6) is 0 Å². The second kappa shape index (κ2) is 9.17. The fraction of sp³-hybridized carbons (Fsp3) is 0.450. The molecule has 2 aromatic rings. The van der Waals surface area contributed by atoms with Crippen molar-refractivity contribution in [1.82, 2.24) is 19.9 Å². The number of urea groups is 1. The first-order valence-corrected chi connectivity index (χ1v) is 10.1. The van der Waals surface area contributed by atoms with Crippen LogP contribution in [0.2, 0.25) is 5.02 Å². The highest BCUT2D eigenvalue weighted by atomic mass is 35.5. The number of nitrogens with zero attached hydrogens (tertiary/aromatic N) is 5. The molecule has 31 heavy (non-hydrogen) atoms. The number of pyridine rings is 1. The van der Waals surface area contributed by atoms with Gasteiger partial charge in [0.25, 0.3) is 0 Å². The van der Waals surface area contributed by atoms with Crippen molar-refractivity contribution in [3.05, 3.63) is 47.0 Å². The first-order chi connectivity index (χ1) is 14.6. The smallest absolute Gasteiger partial charge is 0.312 e.